The first-order valence-electron chi connectivity index (χ1n) is 5.94. The Hall–Kier alpha value is -2.60. The lowest BCUT2D eigenvalue weighted by Gasteiger charge is -2.09. The van der Waals surface area contributed by atoms with Crippen molar-refractivity contribution in [3.63, 3.8) is 0 Å². The van der Waals surface area contributed by atoms with Gasteiger partial charge in [0.05, 0.1) is 5.69 Å². The van der Waals surface area contributed by atoms with Crippen molar-refractivity contribution in [3.8, 4) is 0 Å². The maximum atomic E-state index is 11.1. The van der Waals surface area contributed by atoms with Crippen molar-refractivity contribution >= 4 is 44.5 Å². The Bertz CT molecular complexity index is 797. The molecule has 0 radical (unpaired) electrons. The molecule has 0 spiro atoms. The second kappa shape index (κ2) is 4.82. The molecule has 0 saturated carbocycles. The first kappa shape index (κ1) is 12.4. The third-order valence-corrected chi connectivity index (χ3v) is 3.79. The monoisotopic (exact) mass is 284 g/mol. The predicted octanol–water partition coefficient (Wildman–Crippen LogP) is 2.72. The van der Waals surface area contributed by atoms with E-state index >= 15 is 0 Å². The fraction of sp³-hybridized carbons (Fsp3) is 0. The number of benzene rings is 1. The molecule has 3 rings (SSSR count). The maximum absolute atomic E-state index is 11.1. The first-order valence-corrected chi connectivity index (χ1v) is 6.82. The molecule has 0 fully saturated rings. The zero-order chi connectivity index (χ0) is 14.1. The molecule has 0 unspecified atom stereocenters. The van der Waals surface area contributed by atoms with E-state index in [4.69, 9.17) is 11.5 Å². The molecule has 5 N–H and O–H groups in total. The third kappa shape index (κ3) is 2.28. The number of hydrogen-bond donors (Lipinski definition) is 3. The number of nitrogens with two attached hydrogens (primary N) is 2. The van der Waals surface area contributed by atoms with Crippen LogP contribution in [-0.4, -0.2) is 10.9 Å². The van der Waals surface area contributed by atoms with Crippen LogP contribution in [0.2, 0.25) is 0 Å². The van der Waals surface area contributed by atoms with Crippen LogP contribution < -0.4 is 16.8 Å². The predicted molar refractivity (Wildman–Crippen MR) is 82.3 cm³/mol. The van der Waals surface area contributed by atoms with Gasteiger partial charge in [0.25, 0.3) is 5.91 Å². The number of aromatic nitrogens is 1. The van der Waals surface area contributed by atoms with E-state index in [1.54, 1.807) is 17.4 Å². The van der Waals surface area contributed by atoms with E-state index in [-0.39, 0.29) is 5.69 Å². The van der Waals surface area contributed by atoms with Crippen LogP contribution in [0.5, 0.6) is 0 Å². The van der Waals surface area contributed by atoms with E-state index in [2.05, 4.69) is 10.3 Å². The second-order valence-corrected chi connectivity index (χ2v) is 5.24. The molecule has 0 saturated heterocycles. The highest BCUT2D eigenvalue weighted by Crippen LogP contribution is 2.27. The number of thiophene rings is 1. The smallest absolute Gasteiger partial charge is 0.267 e. The largest absolute Gasteiger partial charge is 0.396 e. The van der Waals surface area contributed by atoms with Crippen molar-refractivity contribution in [2.75, 3.05) is 11.1 Å². The average Bonchev–Trinajstić information content (AvgIpc) is 2.88. The van der Waals surface area contributed by atoms with Crippen molar-refractivity contribution < 1.29 is 4.79 Å². The summed E-state index contributed by atoms with van der Waals surface area (Å²) in [5, 5.41) is 6.29. The number of pyridine rings is 1. The number of carbonyl (C=O) groups excluding carboxylic acids is 1. The van der Waals surface area contributed by atoms with Gasteiger partial charge in [-0.25, -0.2) is 4.98 Å². The van der Waals surface area contributed by atoms with Gasteiger partial charge in [-0.15, -0.1) is 11.3 Å². The Labute approximate surface area is 119 Å². The molecule has 1 amide bonds. The minimum atomic E-state index is -0.582. The van der Waals surface area contributed by atoms with Gasteiger partial charge in [0.15, 0.2) is 5.82 Å². The van der Waals surface area contributed by atoms with E-state index in [0.717, 1.165) is 11.1 Å². The van der Waals surface area contributed by atoms with Crippen LogP contribution in [-0.2, 0) is 0 Å². The summed E-state index contributed by atoms with van der Waals surface area (Å²) in [6.07, 6.45) is 0. The van der Waals surface area contributed by atoms with Crippen LogP contribution in [0.15, 0.2) is 41.8 Å². The highest BCUT2D eigenvalue weighted by molar-refractivity contribution is 7.17. The molecule has 3 aromatic rings. The van der Waals surface area contributed by atoms with Crippen LogP contribution in [0, 0.1) is 0 Å². The zero-order valence-corrected chi connectivity index (χ0v) is 11.3. The summed E-state index contributed by atoms with van der Waals surface area (Å²) >= 11 is 1.68. The summed E-state index contributed by atoms with van der Waals surface area (Å²) in [5.41, 5.74) is 12.6. The molecule has 6 heteroatoms. The molecule has 0 aliphatic heterocycles. The number of nitrogens with one attached hydrogen (secondary N) is 1. The molecule has 2 aromatic heterocycles. The van der Waals surface area contributed by atoms with Gasteiger partial charge in [0.2, 0.25) is 0 Å². The molecular weight excluding hydrogens is 272 g/mol. The van der Waals surface area contributed by atoms with E-state index in [1.807, 2.05) is 29.6 Å². The SMILES string of the molecule is NC(=O)c1ccc(N)c(Nc2ccc3sccc3c2)n1. The number of anilines is 3. The Morgan fingerprint density at radius 2 is 2.05 bits per heavy atom. The van der Waals surface area contributed by atoms with Crippen LogP contribution in [0.25, 0.3) is 10.1 Å². The van der Waals surface area contributed by atoms with Gasteiger partial charge in [0, 0.05) is 10.4 Å². The number of nitrogens with zero attached hydrogens (tertiary/aromatic N) is 1. The Kier molecular flexibility index (Phi) is 3.00. The van der Waals surface area contributed by atoms with Gasteiger partial charge in [-0.3, -0.25) is 4.79 Å². The lowest BCUT2D eigenvalue weighted by Crippen LogP contribution is -2.14. The summed E-state index contributed by atoms with van der Waals surface area (Å²) in [5.74, 6) is -0.155. The molecular formula is C14H12N4OS. The lowest BCUT2D eigenvalue weighted by molar-refractivity contribution is 0.0996. The topological polar surface area (TPSA) is 94.0 Å². The minimum Gasteiger partial charge on any atom is -0.396 e. The van der Waals surface area contributed by atoms with Gasteiger partial charge >= 0.3 is 0 Å². The summed E-state index contributed by atoms with van der Waals surface area (Å²) < 4.78 is 1.21. The van der Waals surface area contributed by atoms with Gasteiger partial charge in [-0.2, -0.15) is 0 Å². The number of carbonyl (C=O) groups is 1. The standard InChI is InChI=1S/C14H12N4OS/c15-10-2-3-11(13(16)19)18-14(10)17-9-1-4-12-8(7-9)5-6-20-12/h1-7H,15H2,(H2,16,19)(H,17,18). The van der Waals surface area contributed by atoms with Crippen LogP contribution in [0.3, 0.4) is 0 Å². The summed E-state index contributed by atoms with van der Waals surface area (Å²) in [7, 11) is 0. The molecule has 0 bridgehead atoms. The highest BCUT2D eigenvalue weighted by Gasteiger charge is 2.08. The number of amides is 1. The first-order chi connectivity index (χ1) is 9.63. The van der Waals surface area contributed by atoms with E-state index in [9.17, 15) is 4.79 Å². The van der Waals surface area contributed by atoms with Crippen molar-refractivity contribution in [1.82, 2.24) is 4.98 Å². The molecule has 0 aliphatic rings. The molecule has 0 aliphatic carbocycles. The van der Waals surface area contributed by atoms with Gasteiger partial charge in [-0.1, -0.05) is 0 Å². The van der Waals surface area contributed by atoms with Crippen molar-refractivity contribution in [1.29, 1.82) is 0 Å². The fourth-order valence-electron chi connectivity index (χ4n) is 1.89. The second-order valence-electron chi connectivity index (χ2n) is 4.30. The number of nitrogen functional groups attached to an aromatic ring is 1. The van der Waals surface area contributed by atoms with Crippen LogP contribution >= 0.6 is 11.3 Å². The van der Waals surface area contributed by atoms with Crippen molar-refractivity contribution in [2.45, 2.75) is 0 Å². The number of fused-ring (bicyclic) bond motifs is 1. The molecule has 5 nitrogen and oxygen atoms in total. The number of rotatable bonds is 3. The maximum Gasteiger partial charge on any atom is 0.267 e. The zero-order valence-electron chi connectivity index (χ0n) is 10.5. The van der Waals surface area contributed by atoms with Gasteiger partial charge in [-0.05, 0) is 47.2 Å². The Balaban J connectivity index is 1.97. The quantitative estimate of drug-likeness (QED) is 0.689. The number of hydrogen-bond acceptors (Lipinski definition) is 5. The molecule has 20 heavy (non-hydrogen) atoms. The van der Waals surface area contributed by atoms with Crippen molar-refractivity contribution in [2.24, 2.45) is 5.73 Å². The van der Waals surface area contributed by atoms with E-state index < -0.39 is 5.91 Å². The van der Waals surface area contributed by atoms with Crippen LogP contribution in [0.1, 0.15) is 10.5 Å². The van der Waals surface area contributed by atoms with Crippen molar-refractivity contribution in [3.05, 3.63) is 47.5 Å². The summed E-state index contributed by atoms with van der Waals surface area (Å²) in [4.78, 5) is 15.3. The molecule has 1 aromatic carbocycles. The molecule has 0 atom stereocenters. The summed E-state index contributed by atoms with van der Waals surface area (Å²) in [6, 6.07) is 11.1. The number of primary amides is 1. The Morgan fingerprint density at radius 3 is 2.85 bits per heavy atom. The molecule has 2 heterocycles. The average molecular weight is 284 g/mol. The Morgan fingerprint density at radius 1 is 1.20 bits per heavy atom. The van der Waals surface area contributed by atoms with Gasteiger partial charge < -0.3 is 16.8 Å². The highest BCUT2D eigenvalue weighted by atomic mass is 32.1. The minimum absolute atomic E-state index is 0.179. The van der Waals surface area contributed by atoms with Crippen LogP contribution in [0.4, 0.5) is 17.2 Å². The third-order valence-electron chi connectivity index (χ3n) is 2.89. The van der Waals surface area contributed by atoms with Gasteiger partial charge in [0.1, 0.15) is 5.69 Å². The lowest BCUT2D eigenvalue weighted by atomic mass is 10.2. The normalized spacial score (nSPS) is 10.6. The van der Waals surface area contributed by atoms with E-state index in [1.165, 1.54) is 10.8 Å². The fourth-order valence-corrected chi connectivity index (χ4v) is 2.66. The van der Waals surface area contributed by atoms with E-state index in [0.29, 0.717) is 11.5 Å². The summed E-state index contributed by atoms with van der Waals surface area (Å²) in [6.45, 7) is 0. The molecule has 100 valence electrons.